The minimum absolute atomic E-state index is 0.309. The molecule has 1 heterocycles. The predicted molar refractivity (Wildman–Crippen MR) is 70.9 cm³/mol. The van der Waals surface area contributed by atoms with Gasteiger partial charge in [-0.15, -0.1) is 0 Å². The number of hydrogen-bond donors (Lipinski definition) is 2. The SMILES string of the molecule is OCC1CCN(Cc2cc(O)ccc2Br)CC1. The number of aliphatic hydroxyl groups is 1. The van der Waals surface area contributed by atoms with Crippen LogP contribution in [0.25, 0.3) is 0 Å². The zero-order valence-corrected chi connectivity index (χ0v) is 11.4. The van der Waals surface area contributed by atoms with Gasteiger partial charge in [-0.3, -0.25) is 4.90 Å². The number of aromatic hydroxyl groups is 1. The van der Waals surface area contributed by atoms with Crippen LogP contribution in [0.15, 0.2) is 22.7 Å². The van der Waals surface area contributed by atoms with E-state index in [1.807, 2.05) is 12.1 Å². The van der Waals surface area contributed by atoms with Gasteiger partial charge in [-0.05, 0) is 55.6 Å². The van der Waals surface area contributed by atoms with Crippen molar-refractivity contribution in [2.75, 3.05) is 19.7 Å². The molecule has 0 spiro atoms. The summed E-state index contributed by atoms with van der Waals surface area (Å²) in [7, 11) is 0. The highest BCUT2D eigenvalue weighted by molar-refractivity contribution is 9.10. The summed E-state index contributed by atoms with van der Waals surface area (Å²) in [5.41, 5.74) is 1.12. The zero-order valence-electron chi connectivity index (χ0n) is 9.77. The van der Waals surface area contributed by atoms with Crippen molar-refractivity contribution in [2.45, 2.75) is 19.4 Å². The van der Waals surface area contributed by atoms with Crippen LogP contribution in [-0.4, -0.2) is 34.8 Å². The first-order valence-electron chi connectivity index (χ1n) is 5.99. The maximum Gasteiger partial charge on any atom is 0.115 e. The molecule has 1 aliphatic rings. The minimum Gasteiger partial charge on any atom is -0.508 e. The van der Waals surface area contributed by atoms with Crippen molar-refractivity contribution in [1.82, 2.24) is 4.90 Å². The van der Waals surface area contributed by atoms with Crippen LogP contribution in [-0.2, 0) is 6.54 Å². The molecule has 0 unspecified atom stereocenters. The minimum atomic E-state index is 0.309. The van der Waals surface area contributed by atoms with Gasteiger partial charge in [0.15, 0.2) is 0 Å². The molecule has 0 bridgehead atoms. The van der Waals surface area contributed by atoms with Crippen molar-refractivity contribution in [1.29, 1.82) is 0 Å². The molecule has 0 atom stereocenters. The first-order chi connectivity index (χ1) is 8.19. The molecule has 2 rings (SSSR count). The van der Waals surface area contributed by atoms with Crippen LogP contribution in [0.4, 0.5) is 0 Å². The Morgan fingerprint density at radius 3 is 2.65 bits per heavy atom. The largest absolute Gasteiger partial charge is 0.508 e. The van der Waals surface area contributed by atoms with E-state index in [-0.39, 0.29) is 0 Å². The smallest absolute Gasteiger partial charge is 0.115 e. The van der Waals surface area contributed by atoms with Crippen molar-refractivity contribution < 1.29 is 10.2 Å². The molecule has 0 aliphatic carbocycles. The van der Waals surface area contributed by atoms with Crippen LogP contribution in [0.2, 0.25) is 0 Å². The Labute approximate surface area is 110 Å². The van der Waals surface area contributed by atoms with E-state index in [0.29, 0.717) is 18.3 Å². The molecule has 3 nitrogen and oxygen atoms in total. The second kappa shape index (κ2) is 5.85. The summed E-state index contributed by atoms with van der Waals surface area (Å²) in [5, 5.41) is 18.6. The van der Waals surface area contributed by atoms with Crippen molar-refractivity contribution in [3.63, 3.8) is 0 Å². The molecule has 94 valence electrons. The molecule has 1 fully saturated rings. The molecule has 0 radical (unpaired) electrons. The van der Waals surface area contributed by atoms with Gasteiger partial charge in [-0.1, -0.05) is 15.9 Å². The molecule has 1 aromatic carbocycles. The molecule has 2 N–H and O–H groups in total. The number of phenolic OH excluding ortho intramolecular Hbond substituents is 1. The lowest BCUT2D eigenvalue weighted by Gasteiger charge is -2.31. The average molecular weight is 300 g/mol. The highest BCUT2D eigenvalue weighted by Crippen LogP contribution is 2.25. The fourth-order valence-corrected chi connectivity index (χ4v) is 2.62. The van der Waals surface area contributed by atoms with Gasteiger partial charge in [0.2, 0.25) is 0 Å². The molecule has 4 heteroatoms. The van der Waals surface area contributed by atoms with Crippen LogP contribution >= 0.6 is 15.9 Å². The number of rotatable bonds is 3. The maximum absolute atomic E-state index is 9.47. The fraction of sp³-hybridized carbons (Fsp3) is 0.538. The summed E-state index contributed by atoms with van der Waals surface area (Å²) in [6.45, 7) is 3.21. The van der Waals surface area contributed by atoms with Gasteiger partial charge in [-0.25, -0.2) is 0 Å². The normalized spacial score (nSPS) is 18.5. The first-order valence-corrected chi connectivity index (χ1v) is 6.79. The molecule has 0 saturated carbocycles. The third-order valence-electron chi connectivity index (χ3n) is 3.39. The van der Waals surface area contributed by atoms with E-state index < -0.39 is 0 Å². The standard InChI is InChI=1S/C13H18BrNO2/c14-13-2-1-12(17)7-11(13)8-15-5-3-10(9-16)4-6-15/h1-2,7,10,16-17H,3-6,8-9H2. The molecular formula is C13H18BrNO2. The second-order valence-corrected chi connectivity index (χ2v) is 5.53. The highest BCUT2D eigenvalue weighted by Gasteiger charge is 2.19. The summed E-state index contributed by atoms with van der Waals surface area (Å²) < 4.78 is 1.04. The van der Waals surface area contributed by atoms with Crippen LogP contribution in [0, 0.1) is 5.92 Å². The number of hydrogen-bond acceptors (Lipinski definition) is 3. The molecule has 1 aromatic rings. The van der Waals surface area contributed by atoms with E-state index in [1.54, 1.807) is 6.07 Å². The van der Waals surface area contributed by atoms with E-state index in [4.69, 9.17) is 5.11 Å². The summed E-state index contributed by atoms with van der Waals surface area (Å²) in [6.07, 6.45) is 2.12. The van der Waals surface area contributed by atoms with Crippen LogP contribution < -0.4 is 0 Å². The van der Waals surface area contributed by atoms with E-state index in [1.165, 1.54) is 0 Å². The number of nitrogens with zero attached hydrogens (tertiary/aromatic N) is 1. The average Bonchev–Trinajstić information content (AvgIpc) is 2.35. The Balaban J connectivity index is 1.95. The number of aliphatic hydroxyl groups excluding tert-OH is 1. The van der Waals surface area contributed by atoms with E-state index >= 15 is 0 Å². The van der Waals surface area contributed by atoms with Crippen LogP contribution in [0.5, 0.6) is 5.75 Å². The Bertz CT molecular complexity index is 376. The summed E-state index contributed by atoms with van der Waals surface area (Å²) in [5.74, 6) is 0.785. The predicted octanol–water partition coefficient (Wildman–Crippen LogP) is 2.36. The third kappa shape index (κ3) is 3.44. The lowest BCUT2D eigenvalue weighted by Crippen LogP contribution is -2.34. The van der Waals surface area contributed by atoms with Crippen LogP contribution in [0.1, 0.15) is 18.4 Å². The van der Waals surface area contributed by atoms with Gasteiger partial charge in [0.1, 0.15) is 5.75 Å². The van der Waals surface area contributed by atoms with E-state index in [2.05, 4.69) is 20.8 Å². The Kier molecular flexibility index (Phi) is 4.42. The van der Waals surface area contributed by atoms with Gasteiger partial charge < -0.3 is 10.2 Å². The Morgan fingerprint density at radius 1 is 1.29 bits per heavy atom. The number of phenols is 1. The van der Waals surface area contributed by atoms with E-state index in [0.717, 1.165) is 42.5 Å². The van der Waals surface area contributed by atoms with Gasteiger partial charge in [-0.2, -0.15) is 0 Å². The number of likely N-dealkylation sites (tertiary alicyclic amines) is 1. The summed E-state index contributed by atoms with van der Waals surface area (Å²) in [4.78, 5) is 2.37. The van der Waals surface area contributed by atoms with Gasteiger partial charge in [0, 0.05) is 17.6 Å². The molecule has 17 heavy (non-hydrogen) atoms. The number of piperidine rings is 1. The van der Waals surface area contributed by atoms with Crippen LogP contribution in [0.3, 0.4) is 0 Å². The summed E-state index contributed by atoms with van der Waals surface area (Å²) in [6, 6.07) is 5.37. The zero-order chi connectivity index (χ0) is 12.3. The lowest BCUT2D eigenvalue weighted by atomic mass is 9.97. The van der Waals surface area contributed by atoms with Crippen molar-refractivity contribution in [3.05, 3.63) is 28.2 Å². The molecule has 0 amide bonds. The number of halogens is 1. The monoisotopic (exact) mass is 299 g/mol. The topological polar surface area (TPSA) is 43.7 Å². The summed E-state index contributed by atoms with van der Waals surface area (Å²) >= 11 is 3.50. The van der Waals surface area contributed by atoms with E-state index in [9.17, 15) is 5.11 Å². The lowest BCUT2D eigenvalue weighted by molar-refractivity contribution is 0.127. The Morgan fingerprint density at radius 2 is 2.00 bits per heavy atom. The first kappa shape index (κ1) is 12.9. The Hall–Kier alpha value is -0.580. The fourth-order valence-electron chi connectivity index (χ4n) is 2.25. The van der Waals surface area contributed by atoms with Gasteiger partial charge >= 0.3 is 0 Å². The molecule has 1 aliphatic heterocycles. The van der Waals surface area contributed by atoms with Crippen molar-refractivity contribution in [3.8, 4) is 5.75 Å². The second-order valence-electron chi connectivity index (χ2n) is 4.68. The molecule has 1 saturated heterocycles. The van der Waals surface area contributed by atoms with Crippen molar-refractivity contribution in [2.24, 2.45) is 5.92 Å². The molecular weight excluding hydrogens is 282 g/mol. The maximum atomic E-state index is 9.47. The number of benzene rings is 1. The van der Waals surface area contributed by atoms with Crippen molar-refractivity contribution >= 4 is 15.9 Å². The third-order valence-corrected chi connectivity index (χ3v) is 4.16. The quantitative estimate of drug-likeness (QED) is 0.900. The molecule has 0 aromatic heterocycles. The highest BCUT2D eigenvalue weighted by atomic mass is 79.9. The van der Waals surface area contributed by atoms with Gasteiger partial charge in [0.25, 0.3) is 0 Å². The van der Waals surface area contributed by atoms with Gasteiger partial charge in [0.05, 0.1) is 0 Å².